The Hall–Kier alpha value is -1.42. The second kappa shape index (κ2) is 4.84. The van der Waals surface area contributed by atoms with Crippen molar-refractivity contribution in [2.45, 2.75) is 26.4 Å². The van der Waals surface area contributed by atoms with Gasteiger partial charge in [-0.05, 0) is 32.4 Å². The Morgan fingerprint density at radius 1 is 1.41 bits per heavy atom. The van der Waals surface area contributed by atoms with Crippen LogP contribution in [0.3, 0.4) is 0 Å². The van der Waals surface area contributed by atoms with Gasteiger partial charge in [0.15, 0.2) is 11.6 Å². The SMILES string of the molecule is C=Cc1cc(C)c(F)c(F)c1NCC(C)(C)O. The highest BCUT2D eigenvalue weighted by Crippen LogP contribution is 2.26. The molecule has 0 heterocycles. The number of hydrogen-bond donors (Lipinski definition) is 2. The van der Waals surface area contributed by atoms with Crippen molar-refractivity contribution in [2.75, 3.05) is 11.9 Å². The quantitative estimate of drug-likeness (QED) is 0.849. The van der Waals surface area contributed by atoms with Crippen LogP contribution in [-0.4, -0.2) is 17.3 Å². The Bertz CT molecular complexity index is 436. The van der Waals surface area contributed by atoms with Crippen LogP contribution in [0.15, 0.2) is 12.6 Å². The van der Waals surface area contributed by atoms with Crippen molar-refractivity contribution in [3.8, 4) is 0 Å². The predicted molar refractivity (Wildman–Crippen MR) is 66.0 cm³/mol. The molecule has 0 amide bonds. The van der Waals surface area contributed by atoms with Crippen molar-refractivity contribution in [2.24, 2.45) is 0 Å². The molecule has 0 atom stereocenters. The van der Waals surface area contributed by atoms with Crippen molar-refractivity contribution >= 4 is 11.8 Å². The maximum absolute atomic E-state index is 13.7. The first-order valence-corrected chi connectivity index (χ1v) is 5.33. The molecule has 1 rings (SSSR count). The van der Waals surface area contributed by atoms with Crippen LogP contribution in [0.5, 0.6) is 0 Å². The van der Waals surface area contributed by atoms with Gasteiger partial charge in [-0.25, -0.2) is 8.78 Å². The standard InChI is InChI=1S/C13H17F2NO/c1-5-9-6-8(2)10(14)11(15)12(9)16-7-13(3,4)17/h5-6,16-17H,1,7H2,2-4H3. The van der Waals surface area contributed by atoms with Gasteiger partial charge in [-0.2, -0.15) is 0 Å². The molecule has 0 spiro atoms. The van der Waals surface area contributed by atoms with E-state index in [1.165, 1.54) is 19.1 Å². The molecule has 94 valence electrons. The molecule has 17 heavy (non-hydrogen) atoms. The second-order valence-corrected chi connectivity index (χ2v) is 4.66. The lowest BCUT2D eigenvalue weighted by Crippen LogP contribution is -2.30. The first kappa shape index (κ1) is 13.6. The van der Waals surface area contributed by atoms with Gasteiger partial charge in [-0.15, -0.1) is 0 Å². The lowest BCUT2D eigenvalue weighted by Gasteiger charge is -2.20. The van der Waals surface area contributed by atoms with Gasteiger partial charge in [0.05, 0.1) is 11.3 Å². The summed E-state index contributed by atoms with van der Waals surface area (Å²) in [6.07, 6.45) is 1.45. The molecule has 0 aliphatic heterocycles. The highest BCUT2D eigenvalue weighted by atomic mass is 19.2. The Balaban J connectivity index is 3.13. The van der Waals surface area contributed by atoms with Crippen LogP contribution in [-0.2, 0) is 0 Å². The van der Waals surface area contributed by atoms with Crippen LogP contribution in [0.2, 0.25) is 0 Å². The predicted octanol–water partition coefficient (Wildman–Crippen LogP) is 3.10. The summed E-state index contributed by atoms with van der Waals surface area (Å²) in [6, 6.07) is 1.51. The third kappa shape index (κ3) is 3.27. The number of aliphatic hydroxyl groups is 1. The third-order valence-electron chi connectivity index (χ3n) is 2.34. The van der Waals surface area contributed by atoms with Gasteiger partial charge in [-0.3, -0.25) is 0 Å². The number of hydrogen-bond acceptors (Lipinski definition) is 2. The summed E-state index contributed by atoms with van der Waals surface area (Å²) in [4.78, 5) is 0. The molecule has 0 aromatic heterocycles. The molecule has 0 radical (unpaired) electrons. The lowest BCUT2D eigenvalue weighted by atomic mass is 10.1. The molecule has 1 aromatic rings. The number of halogens is 2. The van der Waals surface area contributed by atoms with Gasteiger partial charge in [0.2, 0.25) is 0 Å². The lowest BCUT2D eigenvalue weighted by molar-refractivity contribution is 0.0944. The molecule has 4 heteroatoms. The Labute approximate surface area is 100.0 Å². The van der Waals surface area contributed by atoms with E-state index in [1.807, 2.05) is 0 Å². The van der Waals surface area contributed by atoms with E-state index < -0.39 is 17.2 Å². The Morgan fingerprint density at radius 3 is 2.47 bits per heavy atom. The fourth-order valence-corrected chi connectivity index (χ4v) is 1.42. The molecule has 0 bridgehead atoms. The smallest absolute Gasteiger partial charge is 0.182 e. The summed E-state index contributed by atoms with van der Waals surface area (Å²) in [5, 5.41) is 12.3. The van der Waals surface area contributed by atoms with Crippen LogP contribution < -0.4 is 5.32 Å². The first-order valence-electron chi connectivity index (χ1n) is 5.33. The van der Waals surface area contributed by atoms with E-state index in [0.717, 1.165) is 0 Å². The zero-order chi connectivity index (χ0) is 13.2. The van der Waals surface area contributed by atoms with Crippen molar-refractivity contribution in [1.29, 1.82) is 0 Å². The van der Waals surface area contributed by atoms with Gasteiger partial charge < -0.3 is 10.4 Å². The number of rotatable bonds is 4. The number of nitrogens with one attached hydrogen (secondary N) is 1. The highest BCUT2D eigenvalue weighted by Gasteiger charge is 2.18. The average molecular weight is 241 g/mol. The van der Waals surface area contributed by atoms with Gasteiger partial charge in [0.1, 0.15) is 0 Å². The zero-order valence-electron chi connectivity index (χ0n) is 10.3. The molecule has 0 aliphatic carbocycles. The molecule has 2 N–H and O–H groups in total. The van der Waals surface area contributed by atoms with Crippen LogP contribution in [0, 0.1) is 18.6 Å². The van der Waals surface area contributed by atoms with E-state index in [4.69, 9.17) is 0 Å². The van der Waals surface area contributed by atoms with E-state index >= 15 is 0 Å². The second-order valence-electron chi connectivity index (χ2n) is 4.66. The largest absolute Gasteiger partial charge is 0.389 e. The fourth-order valence-electron chi connectivity index (χ4n) is 1.42. The molecular weight excluding hydrogens is 224 g/mol. The molecule has 0 saturated heterocycles. The highest BCUT2D eigenvalue weighted by molar-refractivity contribution is 5.67. The van der Waals surface area contributed by atoms with Crippen molar-refractivity contribution in [3.05, 3.63) is 35.4 Å². The van der Waals surface area contributed by atoms with E-state index in [0.29, 0.717) is 5.56 Å². The third-order valence-corrected chi connectivity index (χ3v) is 2.34. The minimum atomic E-state index is -1.01. The number of benzene rings is 1. The summed E-state index contributed by atoms with van der Waals surface area (Å²) >= 11 is 0. The monoisotopic (exact) mass is 241 g/mol. The first-order chi connectivity index (χ1) is 7.76. The van der Waals surface area contributed by atoms with E-state index in [9.17, 15) is 13.9 Å². The van der Waals surface area contributed by atoms with Crippen LogP contribution in [0.25, 0.3) is 6.08 Å². The molecule has 1 aromatic carbocycles. The van der Waals surface area contributed by atoms with Gasteiger partial charge >= 0.3 is 0 Å². The van der Waals surface area contributed by atoms with Crippen molar-refractivity contribution in [1.82, 2.24) is 0 Å². The summed E-state index contributed by atoms with van der Waals surface area (Å²) in [6.45, 7) is 8.32. The van der Waals surface area contributed by atoms with E-state index in [-0.39, 0.29) is 17.8 Å². The summed E-state index contributed by atoms with van der Waals surface area (Å²) in [7, 11) is 0. The Kier molecular flexibility index (Phi) is 3.88. The van der Waals surface area contributed by atoms with Gasteiger partial charge in [0.25, 0.3) is 0 Å². The van der Waals surface area contributed by atoms with Crippen LogP contribution in [0.1, 0.15) is 25.0 Å². The van der Waals surface area contributed by atoms with E-state index in [1.54, 1.807) is 13.8 Å². The van der Waals surface area contributed by atoms with Crippen LogP contribution in [0.4, 0.5) is 14.5 Å². The average Bonchev–Trinajstić information content (AvgIpc) is 2.22. The zero-order valence-corrected chi connectivity index (χ0v) is 10.3. The minimum absolute atomic E-state index is 0.0326. The Morgan fingerprint density at radius 2 is 2.00 bits per heavy atom. The van der Waals surface area contributed by atoms with E-state index in [2.05, 4.69) is 11.9 Å². The number of aryl methyl sites for hydroxylation is 1. The fraction of sp³-hybridized carbons (Fsp3) is 0.385. The maximum atomic E-state index is 13.7. The van der Waals surface area contributed by atoms with Crippen LogP contribution >= 0.6 is 0 Å². The normalized spacial score (nSPS) is 11.4. The molecule has 2 nitrogen and oxygen atoms in total. The molecule has 0 unspecified atom stereocenters. The topological polar surface area (TPSA) is 32.3 Å². The summed E-state index contributed by atoms with van der Waals surface area (Å²) < 4.78 is 27.1. The van der Waals surface area contributed by atoms with Crippen molar-refractivity contribution in [3.63, 3.8) is 0 Å². The maximum Gasteiger partial charge on any atom is 0.182 e. The summed E-state index contributed by atoms with van der Waals surface area (Å²) in [5.74, 6) is -1.82. The number of anilines is 1. The summed E-state index contributed by atoms with van der Waals surface area (Å²) in [5.41, 5.74) is -0.270. The molecule has 0 saturated carbocycles. The minimum Gasteiger partial charge on any atom is -0.389 e. The molecular formula is C13H17F2NO. The van der Waals surface area contributed by atoms with Crippen molar-refractivity contribution < 1.29 is 13.9 Å². The van der Waals surface area contributed by atoms with Gasteiger partial charge in [-0.1, -0.05) is 12.7 Å². The molecule has 0 fully saturated rings. The van der Waals surface area contributed by atoms with Gasteiger partial charge in [0, 0.05) is 12.1 Å². The molecule has 0 aliphatic rings.